The number of rotatable bonds is 5. The van der Waals surface area contributed by atoms with Crippen LogP contribution in [0.2, 0.25) is 0 Å². The van der Waals surface area contributed by atoms with E-state index in [1.54, 1.807) is 0 Å². The first-order chi connectivity index (χ1) is 6.70. The fourth-order valence-electron chi connectivity index (χ4n) is 2.13. The number of thiol groups is 1. The van der Waals surface area contributed by atoms with Crippen molar-refractivity contribution in [2.45, 2.75) is 63.7 Å². The van der Waals surface area contributed by atoms with E-state index in [0.29, 0.717) is 12.1 Å². The van der Waals surface area contributed by atoms with Crippen molar-refractivity contribution in [1.82, 2.24) is 4.90 Å². The number of hydrogen-bond donors (Lipinski definition) is 1. The van der Waals surface area contributed by atoms with Gasteiger partial charge in [0.1, 0.15) is 0 Å². The minimum Gasteiger partial charge on any atom is -0.349 e. The average molecular weight is 217 g/mol. The summed E-state index contributed by atoms with van der Waals surface area (Å²) in [6, 6.07) is 0.578. The fourth-order valence-corrected chi connectivity index (χ4v) is 2.46. The number of unbranched alkanes of at least 4 members (excludes halogenated alkanes) is 2. The van der Waals surface area contributed by atoms with Gasteiger partial charge in [-0.2, -0.15) is 0 Å². The Bertz CT molecular complexity index is 165. The van der Waals surface area contributed by atoms with Gasteiger partial charge in [0.2, 0.25) is 0 Å². The van der Waals surface area contributed by atoms with Crippen LogP contribution in [0.1, 0.15) is 46.0 Å². The van der Waals surface area contributed by atoms with Gasteiger partial charge in [0.25, 0.3) is 0 Å². The maximum absolute atomic E-state index is 5.76. The van der Waals surface area contributed by atoms with Crippen molar-refractivity contribution < 1.29 is 4.74 Å². The Kier molecular flexibility index (Phi) is 5.28. The summed E-state index contributed by atoms with van der Waals surface area (Å²) < 4.78 is 5.76. The zero-order chi connectivity index (χ0) is 10.6. The third kappa shape index (κ3) is 2.88. The smallest absolute Gasteiger partial charge is 0.156 e. The van der Waals surface area contributed by atoms with Gasteiger partial charge in [0, 0.05) is 6.04 Å². The van der Waals surface area contributed by atoms with Crippen LogP contribution in [-0.4, -0.2) is 29.7 Å². The molecule has 0 bridgehead atoms. The van der Waals surface area contributed by atoms with Gasteiger partial charge in [-0.05, 0) is 19.9 Å². The molecule has 14 heavy (non-hydrogen) atoms. The molecule has 0 aromatic heterocycles. The van der Waals surface area contributed by atoms with E-state index in [0.717, 1.165) is 6.42 Å². The summed E-state index contributed by atoms with van der Waals surface area (Å²) in [5, 5.41) is 0. The van der Waals surface area contributed by atoms with Crippen molar-refractivity contribution >= 4 is 12.6 Å². The first-order valence-electron chi connectivity index (χ1n) is 5.76. The highest BCUT2D eigenvalue weighted by atomic mass is 32.1. The van der Waals surface area contributed by atoms with Crippen LogP contribution in [0.3, 0.4) is 0 Å². The van der Waals surface area contributed by atoms with Crippen molar-refractivity contribution in [2.24, 2.45) is 0 Å². The standard InChI is InChI=1S/C11H23NOS/c1-4-6-7-8-9-10(5-2)13-11(14)12(9)3/h9-11,14H,4-8H2,1-3H3. The van der Waals surface area contributed by atoms with Gasteiger partial charge >= 0.3 is 0 Å². The van der Waals surface area contributed by atoms with E-state index in [2.05, 4.69) is 38.4 Å². The van der Waals surface area contributed by atoms with Crippen LogP contribution < -0.4 is 0 Å². The van der Waals surface area contributed by atoms with Gasteiger partial charge in [-0.25, -0.2) is 0 Å². The molecule has 3 unspecified atom stereocenters. The van der Waals surface area contributed by atoms with Crippen LogP contribution in [0.4, 0.5) is 0 Å². The van der Waals surface area contributed by atoms with E-state index in [-0.39, 0.29) is 5.56 Å². The molecule has 0 spiro atoms. The molecule has 1 aliphatic rings. The molecule has 0 N–H and O–H groups in total. The third-order valence-corrected chi connectivity index (χ3v) is 3.59. The summed E-state index contributed by atoms with van der Waals surface area (Å²) in [5.41, 5.74) is 0.00609. The van der Waals surface area contributed by atoms with E-state index < -0.39 is 0 Å². The monoisotopic (exact) mass is 217 g/mol. The second-order valence-corrected chi connectivity index (χ2v) is 4.58. The van der Waals surface area contributed by atoms with Crippen molar-refractivity contribution in [2.75, 3.05) is 7.05 Å². The van der Waals surface area contributed by atoms with Crippen LogP contribution in [0.15, 0.2) is 0 Å². The van der Waals surface area contributed by atoms with Crippen LogP contribution in [0, 0.1) is 0 Å². The summed E-state index contributed by atoms with van der Waals surface area (Å²) in [5.74, 6) is 0. The largest absolute Gasteiger partial charge is 0.349 e. The molecule has 0 aromatic carbocycles. The van der Waals surface area contributed by atoms with E-state index >= 15 is 0 Å². The molecule has 3 atom stereocenters. The van der Waals surface area contributed by atoms with Crippen LogP contribution in [0.25, 0.3) is 0 Å². The van der Waals surface area contributed by atoms with E-state index in [9.17, 15) is 0 Å². The van der Waals surface area contributed by atoms with E-state index in [1.165, 1.54) is 25.7 Å². The molecule has 0 amide bonds. The highest BCUT2D eigenvalue weighted by Crippen LogP contribution is 2.28. The molecule has 1 aliphatic heterocycles. The molecule has 1 saturated heterocycles. The molecular formula is C11H23NOS. The van der Waals surface area contributed by atoms with Gasteiger partial charge in [-0.15, -0.1) is 12.6 Å². The van der Waals surface area contributed by atoms with Crippen LogP contribution >= 0.6 is 12.6 Å². The van der Waals surface area contributed by atoms with E-state index in [4.69, 9.17) is 4.74 Å². The Labute approximate surface area is 93.4 Å². The fraction of sp³-hybridized carbons (Fsp3) is 1.00. The molecule has 0 aliphatic carbocycles. The minimum absolute atomic E-state index is 0.00609. The number of likely N-dealkylation sites (N-methyl/N-ethyl adjacent to an activating group) is 1. The molecule has 0 aromatic rings. The van der Waals surface area contributed by atoms with Gasteiger partial charge in [0.05, 0.1) is 6.10 Å². The third-order valence-electron chi connectivity index (χ3n) is 3.10. The zero-order valence-electron chi connectivity index (χ0n) is 9.57. The summed E-state index contributed by atoms with van der Waals surface area (Å²) in [6.45, 7) is 4.44. The van der Waals surface area contributed by atoms with E-state index in [1.807, 2.05) is 0 Å². The lowest BCUT2D eigenvalue weighted by atomic mass is 10.0. The van der Waals surface area contributed by atoms with Crippen LogP contribution in [-0.2, 0) is 4.74 Å². The SMILES string of the molecule is CCCCCC1C(CC)OC(S)N1C. The zero-order valence-corrected chi connectivity index (χ0v) is 10.5. The Morgan fingerprint density at radius 3 is 2.57 bits per heavy atom. The molecular weight excluding hydrogens is 194 g/mol. The van der Waals surface area contributed by atoms with Crippen molar-refractivity contribution in [1.29, 1.82) is 0 Å². The highest BCUT2D eigenvalue weighted by Gasteiger charge is 2.36. The van der Waals surface area contributed by atoms with Crippen molar-refractivity contribution in [3.05, 3.63) is 0 Å². The predicted octanol–water partition coefficient (Wildman–Crippen LogP) is 2.89. The maximum Gasteiger partial charge on any atom is 0.156 e. The molecule has 0 saturated carbocycles. The highest BCUT2D eigenvalue weighted by molar-refractivity contribution is 7.80. The Balaban J connectivity index is 2.38. The maximum atomic E-state index is 5.76. The Morgan fingerprint density at radius 2 is 2.00 bits per heavy atom. The average Bonchev–Trinajstić information content (AvgIpc) is 2.45. The van der Waals surface area contributed by atoms with Crippen molar-refractivity contribution in [3.63, 3.8) is 0 Å². The topological polar surface area (TPSA) is 12.5 Å². The molecule has 0 radical (unpaired) electrons. The van der Waals surface area contributed by atoms with Crippen LogP contribution in [0.5, 0.6) is 0 Å². The molecule has 1 fully saturated rings. The Hall–Kier alpha value is 0.270. The summed E-state index contributed by atoms with van der Waals surface area (Å²) in [6.07, 6.45) is 6.67. The summed E-state index contributed by atoms with van der Waals surface area (Å²) in [4.78, 5) is 2.26. The minimum atomic E-state index is 0.00609. The number of nitrogens with zero attached hydrogens (tertiary/aromatic N) is 1. The first-order valence-corrected chi connectivity index (χ1v) is 6.27. The van der Waals surface area contributed by atoms with Gasteiger partial charge in [-0.1, -0.05) is 33.1 Å². The number of ether oxygens (including phenoxy) is 1. The molecule has 84 valence electrons. The lowest BCUT2D eigenvalue weighted by Crippen LogP contribution is -2.33. The quantitative estimate of drug-likeness (QED) is 0.561. The predicted molar refractivity (Wildman–Crippen MR) is 63.6 cm³/mol. The number of hydrogen-bond acceptors (Lipinski definition) is 3. The van der Waals surface area contributed by atoms with Gasteiger partial charge in [-0.3, -0.25) is 4.90 Å². The van der Waals surface area contributed by atoms with Crippen molar-refractivity contribution in [3.8, 4) is 0 Å². The summed E-state index contributed by atoms with van der Waals surface area (Å²) >= 11 is 4.41. The normalized spacial score (nSPS) is 33.9. The molecule has 3 heteroatoms. The van der Waals surface area contributed by atoms with Gasteiger partial charge < -0.3 is 4.74 Å². The molecule has 1 heterocycles. The lowest BCUT2D eigenvalue weighted by molar-refractivity contribution is 0.0678. The van der Waals surface area contributed by atoms with Gasteiger partial charge in [0.15, 0.2) is 5.56 Å². The first kappa shape index (κ1) is 12.3. The Morgan fingerprint density at radius 1 is 1.29 bits per heavy atom. The lowest BCUT2D eigenvalue weighted by Gasteiger charge is -2.22. The molecule has 1 rings (SSSR count). The summed E-state index contributed by atoms with van der Waals surface area (Å²) in [7, 11) is 2.12. The molecule has 2 nitrogen and oxygen atoms in total. The second-order valence-electron chi connectivity index (χ2n) is 4.14. The second kappa shape index (κ2) is 5.99.